The maximum atomic E-state index is 12.9. The number of benzene rings is 2. The van der Waals surface area contributed by atoms with Crippen molar-refractivity contribution in [3.8, 4) is 22.8 Å². The Bertz CT molecular complexity index is 1450. The van der Waals surface area contributed by atoms with Gasteiger partial charge in [0.1, 0.15) is 22.7 Å². The van der Waals surface area contributed by atoms with Crippen molar-refractivity contribution < 1.29 is 9.53 Å². The molecule has 2 aromatic carbocycles. The summed E-state index contributed by atoms with van der Waals surface area (Å²) in [6, 6.07) is 17.2. The number of ether oxygens (including phenoxy) is 1. The Morgan fingerprint density at radius 2 is 1.78 bits per heavy atom. The standard InChI is InChI=1S/C27H28N6O3/c1-3-22(34)32(2)18-11-13-19(14-12-18)33-25-23(26(28)29-30-27(25)35)24(31-33)17-9-15-21(16-10-17)36-20-7-5-4-6-8-20/h3-10,15-16,18-19H,1,11-14H2,2H3,(H2,28,29)(H,30,35)/t18-,19+. The Balaban J connectivity index is 1.46. The predicted octanol–water partition coefficient (Wildman–Crippen LogP) is 4.29. The zero-order valence-electron chi connectivity index (χ0n) is 20.1. The van der Waals surface area contributed by atoms with Crippen molar-refractivity contribution in [2.24, 2.45) is 0 Å². The van der Waals surface area contributed by atoms with E-state index in [-0.39, 0.29) is 29.4 Å². The molecule has 5 rings (SSSR count). The molecule has 1 aliphatic carbocycles. The van der Waals surface area contributed by atoms with E-state index in [0.29, 0.717) is 22.3 Å². The summed E-state index contributed by atoms with van der Waals surface area (Å²) in [4.78, 5) is 26.6. The molecule has 9 heteroatoms. The Labute approximate surface area is 208 Å². The highest BCUT2D eigenvalue weighted by Crippen LogP contribution is 2.37. The molecule has 2 heterocycles. The molecule has 2 aromatic heterocycles. The molecule has 1 fully saturated rings. The molecule has 4 aromatic rings. The van der Waals surface area contributed by atoms with Gasteiger partial charge < -0.3 is 15.4 Å². The van der Waals surface area contributed by atoms with Crippen molar-refractivity contribution in [1.82, 2.24) is 24.9 Å². The van der Waals surface area contributed by atoms with Crippen LogP contribution in [0, 0.1) is 0 Å². The summed E-state index contributed by atoms with van der Waals surface area (Å²) in [5.41, 5.74) is 7.74. The molecular formula is C27H28N6O3. The number of carbonyl (C=O) groups excluding carboxylic acids is 1. The fourth-order valence-electron chi connectivity index (χ4n) is 4.90. The van der Waals surface area contributed by atoms with Crippen LogP contribution >= 0.6 is 0 Å². The molecule has 0 radical (unpaired) electrons. The summed E-state index contributed by atoms with van der Waals surface area (Å²) < 4.78 is 7.70. The molecule has 1 saturated carbocycles. The van der Waals surface area contributed by atoms with Crippen LogP contribution in [0.2, 0.25) is 0 Å². The van der Waals surface area contributed by atoms with E-state index in [4.69, 9.17) is 15.6 Å². The second-order valence-electron chi connectivity index (χ2n) is 9.01. The van der Waals surface area contributed by atoms with Crippen molar-refractivity contribution >= 4 is 22.6 Å². The van der Waals surface area contributed by atoms with Crippen LogP contribution in [-0.2, 0) is 4.79 Å². The van der Waals surface area contributed by atoms with Crippen LogP contribution in [0.4, 0.5) is 5.82 Å². The molecule has 0 saturated heterocycles. The molecule has 0 unspecified atom stereocenters. The van der Waals surface area contributed by atoms with E-state index in [2.05, 4.69) is 16.8 Å². The molecule has 3 N–H and O–H groups in total. The van der Waals surface area contributed by atoms with Crippen molar-refractivity contribution in [3.05, 3.63) is 77.6 Å². The Hall–Kier alpha value is -4.40. The highest BCUT2D eigenvalue weighted by Gasteiger charge is 2.30. The van der Waals surface area contributed by atoms with Gasteiger partial charge in [-0.15, -0.1) is 0 Å². The highest BCUT2D eigenvalue weighted by molar-refractivity contribution is 5.99. The number of para-hydroxylation sites is 1. The molecular weight excluding hydrogens is 456 g/mol. The Morgan fingerprint density at radius 3 is 2.44 bits per heavy atom. The van der Waals surface area contributed by atoms with Gasteiger partial charge in [-0.25, -0.2) is 5.10 Å². The normalized spacial score (nSPS) is 17.6. The zero-order valence-corrected chi connectivity index (χ0v) is 20.1. The minimum atomic E-state index is -0.331. The molecule has 0 spiro atoms. The predicted molar refractivity (Wildman–Crippen MR) is 139 cm³/mol. The number of anilines is 1. The third-order valence-corrected chi connectivity index (χ3v) is 6.85. The first kappa shape index (κ1) is 23.3. The first-order valence-corrected chi connectivity index (χ1v) is 11.9. The number of H-pyrrole nitrogens is 1. The largest absolute Gasteiger partial charge is 0.457 e. The first-order chi connectivity index (χ1) is 17.5. The van der Waals surface area contributed by atoms with E-state index in [1.165, 1.54) is 6.08 Å². The van der Waals surface area contributed by atoms with Crippen LogP contribution in [0.3, 0.4) is 0 Å². The summed E-state index contributed by atoms with van der Waals surface area (Å²) in [6.45, 7) is 3.58. The van der Waals surface area contributed by atoms with Gasteiger partial charge in [-0.3, -0.25) is 14.3 Å². The lowest BCUT2D eigenvalue weighted by Crippen LogP contribution is -2.39. The fraction of sp³-hybridized carbons (Fsp3) is 0.259. The van der Waals surface area contributed by atoms with Gasteiger partial charge in [0.25, 0.3) is 5.56 Å². The number of hydrogen-bond acceptors (Lipinski definition) is 6. The van der Waals surface area contributed by atoms with Crippen molar-refractivity contribution in [1.29, 1.82) is 0 Å². The second kappa shape index (κ2) is 9.69. The summed E-state index contributed by atoms with van der Waals surface area (Å²) in [6.07, 6.45) is 4.51. The van der Waals surface area contributed by atoms with Crippen molar-refractivity contribution in [2.45, 2.75) is 37.8 Å². The van der Waals surface area contributed by atoms with Gasteiger partial charge in [-0.1, -0.05) is 24.8 Å². The molecule has 1 amide bonds. The Kier molecular flexibility index (Phi) is 6.28. The minimum absolute atomic E-state index is 0.00770. The number of nitrogens with two attached hydrogens (primary N) is 1. The SMILES string of the molecule is C=CC(=O)N(C)[C@H]1CC[C@@H](n2nc(-c3ccc(Oc4ccccc4)cc3)c3c(N)n[nH]c(=O)c32)CC1. The summed E-state index contributed by atoms with van der Waals surface area (Å²) in [5, 5.41) is 11.9. The third-order valence-electron chi connectivity index (χ3n) is 6.85. The number of aromatic amines is 1. The minimum Gasteiger partial charge on any atom is -0.457 e. The van der Waals surface area contributed by atoms with Gasteiger partial charge in [0.15, 0.2) is 5.82 Å². The second-order valence-corrected chi connectivity index (χ2v) is 9.01. The van der Waals surface area contributed by atoms with Crippen molar-refractivity contribution in [2.75, 3.05) is 12.8 Å². The third kappa shape index (κ3) is 4.35. The smallest absolute Gasteiger partial charge is 0.290 e. The van der Waals surface area contributed by atoms with E-state index in [1.54, 1.807) is 16.6 Å². The molecule has 184 valence electrons. The summed E-state index contributed by atoms with van der Waals surface area (Å²) in [5.74, 6) is 1.57. The average Bonchev–Trinajstić information content (AvgIpc) is 3.33. The summed E-state index contributed by atoms with van der Waals surface area (Å²) >= 11 is 0. The van der Waals surface area contributed by atoms with Gasteiger partial charge >= 0.3 is 0 Å². The van der Waals surface area contributed by atoms with E-state index >= 15 is 0 Å². The number of nitrogens with one attached hydrogen (secondary N) is 1. The lowest BCUT2D eigenvalue weighted by atomic mass is 9.90. The maximum Gasteiger partial charge on any atom is 0.290 e. The first-order valence-electron chi connectivity index (χ1n) is 11.9. The van der Waals surface area contributed by atoms with Crippen LogP contribution in [0.5, 0.6) is 11.5 Å². The molecule has 36 heavy (non-hydrogen) atoms. The number of likely N-dealkylation sites (N-methyl/N-ethyl adjacent to an activating group) is 1. The van der Waals surface area contributed by atoms with E-state index in [1.807, 2.05) is 54.6 Å². The van der Waals surface area contributed by atoms with E-state index in [0.717, 1.165) is 37.0 Å². The van der Waals surface area contributed by atoms with Crippen LogP contribution in [0.1, 0.15) is 31.7 Å². The number of carbonyl (C=O) groups is 1. The van der Waals surface area contributed by atoms with E-state index in [9.17, 15) is 9.59 Å². The van der Waals surface area contributed by atoms with Gasteiger partial charge in [0.2, 0.25) is 5.91 Å². The quantitative estimate of drug-likeness (QED) is 0.394. The van der Waals surface area contributed by atoms with Crippen LogP contribution < -0.4 is 16.0 Å². The number of amides is 1. The van der Waals surface area contributed by atoms with Gasteiger partial charge in [-0.05, 0) is 68.2 Å². The van der Waals surface area contributed by atoms with Crippen LogP contribution in [0.15, 0.2) is 72.0 Å². The number of nitrogen functional groups attached to an aromatic ring is 1. The monoisotopic (exact) mass is 484 g/mol. The molecule has 1 aliphatic rings. The average molecular weight is 485 g/mol. The molecule has 0 aliphatic heterocycles. The maximum absolute atomic E-state index is 12.9. The molecule has 0 atom stereocenters. The van der Waals surface area contributed by atoms with Crippen LogP contribution in [0.25, 0.3) is 22.2 Å². The number of hydrogen-bond donors (Lipinski definition) is 2. The summed E-state index contributed by atoms with van der Waals surface area (Å²) in [7, 11) is 1.80. The fourth-order valence-corrected chi connectivity index (χ4v) is 4.90. The Morgan fingerprint density at radius 1 is 1.11 bits per heavy atom. The van der Waals surface area contributed by atoms with Gasteiger partial charge in [0.05, 0.1) is 11.4 Å². The number of fused-ring (bicyclic) bond motifs is 1. The molecule has 9 nitrogen and oxygen atoms in total. The lowest BCUT2D eigenvalue weighted by molar-refractivity contribution is -0.127. The number of rotatable bonds is 6. The number of aromatic nitrogens is 4. The van der Waals surface area contributed by atoms with E-state index < -0.39 is 0 Å². The number of nitrogens with zero attached hydrogens (tertiary/aromatic N) is 4. The van der Waals surface area contributed by atoms with Gasteiger partial charge in [-0.2, -0.15) is 10.2 Å². The van der Waals surface area contributed by atoms with Crippen molar-refractivity contribution in [3.63, 3.8) is 0 Å². The molecule has 0 bridgehead atoms. The lowest BCUT2D eigenvalue weighted by Gasteiger charge is -2.34. The highest BCUT2D eigenvalue weighted by atomic mass is 16.5. The van der Waals surface area contributed by atoms with Gasteiger partial charge in [0, 0.05) is 18.7 Å². The van der Waals surface area contributed by atoms with Crippen LogP contribution in [-0.4, -0.2) is 43.9 Å². The zero-order chi connectivity index (χ0) is 25.2. The topological polar surface area (TPSA) is 119 Å².